The molecule has 0 spiro atoms. The molecule has 1 N–H and O–H groups in total. The fourth-order valence-electron chi connectivity index (χ4n) is 1.97. The first-order valence-corrected chi connectivity index (χ1v) is 8.11. The van der Waals surface area contributed by atoms with E-state index in [4.69, 9.17) is 9.84 Å². The molecule has 5 heteroatoms. The maximum atomic E-state index is 11.9. The molecule has 0 aliphatic carbocycles. The molecule has 0 radical (unpaired) electrons. The molecule has 0 atom stereocenters. The summed E-state index contributed by atoms with van der Waals surface area (Å²) in [6.07, 6.45) is 0. The third-order valence-electron chi connectivity index (χ3n) is 2.98. The van der Waals surface area contributed by atoms with E-state index in [0.29, 0.717) is 5.75 Å². The quantitative estimate of drug-likeness (QED) is 0.615. The zero-order chi connectivity index (χ0) is 16.0. The van der Waals surface area contributed by atoms with Crippen molar-refractivity contribution in [2.75, 3.05) is 11.5 Å². The Labute approximate surface area is 129 Å². The second-order valence-electron chi connectivity index (χ2n) is 5.44. The number of carboxylic acid groups (broad SMARTS) is 1. The molecule has 0 unspecified atom stereocenters. The van der Waals surface area contributed by atoms with Crippen LogP contribution in [0, 0.1) is 0 Å². The summed E-state index contributed by atoms with van der Waals surface area (Å²) in [4.78, 5) is 22.4. The Kier molecular flexibility index (Phi) is 6.75. The van der Waals surface area contributed by atoms with Crippen molar-refractivity contribution in [1.82, 2.24) is 0 Å². The van der Waals surface area contributed by atoms with Crippen molar-refractivity contribution in [2.45, 2.75) is 39.5 Å². The van der Waals surface area contributed by atoms with Crippen LogP contribution >= 0.6 is 11.8 Å². The molecule has 0 heterocycles. The van der Waals surface area contributed by atoms with Crippen LogP contribution < -0.4 is 4.74 Å². The summed E-state index contributed by atoms with van der Waals surface area (Å²) in [5.41, 5.74) is 2.00. The van der Waals surface area contributed by atoms with Gasteiger partial charge in [-0.3, -0.25) is 9.59 Å². The maximum Gasteiger partial charge on any atom is 0.321 e. The molecule has 0 bridgehead atoms. The Hall–Kier alpha value is -1.49. The number of carbonyl (C=O) groups is 2. The predicted octanol–water partition coefficient (Wildman–Crippen LogP) is 3.66. The van der Waals surface area contributed by atoms with Gasteiger partial charge in [0, 0.05) is 0 Å². The second kappa shape index (κ2) is 8.08. The van der Waals surface area contributed by atoms with E-state index < -0.39 is 11.9 Å². The van der Waals surface area contributed by atoms with E-state index in [9.17, 15) is 9.59 Å². The number of hydrogen-bond donors (Lipinski definition) is 1. The minimum absolute atomic E-state index is 0.0380. The Morgan fingerprint density at radius 2 is 1.62 bits per heavy atom. The number of carboxylic acids is 1. The fourth-order valence-corrected chi connectivity index (χ4v) is 2.47. The molecule has 0 aliphatic heterocycles. The first-order valence-electron chi connectivity index (χ1n) is 6.96. The van der Waals surface area contributed by atoms with E-state index in [1.54, 1.807) is 0 Å². The minimum atomic E-state index is -0.932. The van der Waals surface area contributed by atoms with Gasteiger partial charge in [0.1, 0.15) is 5.75 Å². The van der Waals surface area contributed by atoms with Gasteiger partial charge in [-0.15, -0.1) is 11.8 Å². The summed E-state index contributed by atoms with van der Waals surface area (Å²) < 4.78 is 5.53. The topological polar surface area (TPSA) is 63.6 Å². The zero-order valence-corrected chi connectivity index (χ0v) is 13.7. The van der Waals surface area contributed by atoms with Crippen molar-refractivity contribution < 1.29 is 19.4 Å². The van der Waals surface area contributed by atoms with Crippen molar-refractivity contribution in [2.24, 2.45) is 0 Å². The van der Waals surface area contributed by atoms with Crippen LogP contribution in [0.3, 0.4) is 0 Å². The Balaban J connectivity index is 2.89. The summed E-state index contributed by atoms with van der Waals surface area (Å²) in [6, 6.07) is 5.90. The van der Waals surface area contributed by atoms with E-state index in [0.717, 1.165) is 22.9 Å². The average Bonchev–Trinajstić information content (AvgIpc) is 2.37. The van der Waals surface area contributed by atoms with Crippen molar-refractivity contribution in [3.05, 3.63) is 29.3 Å². The molecule has 0 fully saturated rings. The third kappa shape index (κ3) is 5.42. The standard InChI is InChI=1S/C16H22O4S/c1-10(2)12-6-5-7-13(11(3)4)16(12)20-15(19)9-21-8-14(17)18/h5-7,10-11H,8-9H2,1-4H3,(H,17,18). The molecule has 0 amide bonds. The molecule has 0 saturated carbocycles. The number of carbonyl (C=O) groups excluding carboxylic acids is 1. The monoisotopic (exact) mass is 310 g/mol. The van der Waals surface area contributed by atoms with Gasteiger partial charge < -0.3 is 9.84 Å². The number of para-hydroxylation sites is 1. The summed E-state index contributed by atoms with van der Waals surface area (Å²) in [6.45, 7) is 8.21. The maximum absolute atomic E-state index is 11.9. The van der Waals surface area contributed by atoms with Gasteiger partial charge in [-0.1, -0.05) is 45.9 Å². The van der Waals surface area contributed by atoms with E-state index in [1.165, 1.54) is 0 Å². The second-order valence-corrected chi connectivity index (χ2v) is 6.42. The fraction of sp³-hybridized carbons (Fsp3) is 0.500. The van der Waals surface area contributed by atoms with Gasteiger partial charge in [0.15, 0.2) is 0 Å². The number of aliphatic carboxylic acids is 1. The van der Waals surface area contributed by atoms with Gasteiger partial charge in [0.25, 0.3) is 0 Å². The van der Waals surface area contributed by atoms with E-state index in [2.05, 4.69) is 27.7 Å². The normalized spacial score (nSPS) is 11.0. The lowest BCUT2D eigenvalue weighted by Crippen LogP contribution is -2.15. The van der Waals surface area contributed by atoms with Crippen LogP contribution in [-0.2, 0) is 9.59 Å². The van der Waals surface area contributed by atoms with Crippen LogP contribution in [0.25, 0.3) is 0 Å². The third-order valence-corrected chi connectivity index (χ3v) is 3.87. The first-order chi connectivity index (χ1) is 9.82. The smallest absolute Gasteiger partial charge is 0.321 e. The summed E-state index contributed by atoms with van der Waals surface area (Å²) in [5, 5.41) is 8.58. The number of ether oxygens (including phenoxy) is 1. The molecule has 0 saturated heterocycles. The van der Waals surface area contributed by atoms with Gasteiger partial charge >= 0.3 is 11.9 Å². The molecule has 21 heavy (non-hydrogen) atoms. The SMILES string of the molecule is CC(C)c1cccc(C(C)C)c1OC(=O)CSCC(=O)O. The van der Waals surface area contributed by atoms with E-state index in [1.807, 2.05) is 18.2 Å². The van der Waals surface area contributed by atoms with E-state index in [-0.39, 0.29) is 23.3 Å². The lowest BCUT2D eigenvalue weighted by atomic mass is 9.94. The van der Waals surface area contributed by atoms with Crippen molar-refractivity contribution in [1.29, 1.82) is 0 Å². The molecule has 1 rings (SSSR count). The number of thioether (sulfide) groups is 1. The highest BCUT2D eigenvalue weighted by Crippen LogP contribution is 2.34. The van der Waals surface area contributed by atoms with Crippen LogP contribution in [0.5, 0.6) is 5.75 Å². The number of benzene rings is 1. The van der Waals surface area contributed by atoms with Gasteiger partial charge in [-0.05, 0) is 23.0 Å². The molecule has 1 aromatic rings. The summed E-state index contributed by atoms with van der Waals surface area (Å²) in [7, 11) is 0. The number of rotatable bonds is 7. The molecule has 1 aromatic carbocycles. The van der Waals surface area contributed by atoms with Crippen LogP contribution in [0.4, 0.5) is 0 Å². The van der Waals surface area contributed by atoms with Crippen molar-refractivity contribution >= 4 is 23.7 Å². The van der Waals surface area contributed by atoms with Crippen LogP contribution in [0.2, 0.25) is 0 Å². The van der Waals surface area contributed by atoms with E-state index >= 15 is 0 Å². The lowest BCUT2D eigenvalue weighted by molar-refractivity contribution is -0.134. The van der Waals surface area contributed by atoms with Gasteiger partial charge in [-0.2, -0.15) is 0 Å². The Morgan fingerprint density at radius 1 is 1.10 bits per heavy atom. The van der Waals surface area contributed by atoms with Gasteiger partial charge in [0.05, 0.1) is 11.5 Å². The van der Waals surface area contributed by atoms with Crippen LogP contribution in [0.1, 0.15) is 50.7 Å². The highest BCUT2D eigenvalue weighted by atomic mass is 32.2. The van der Waals surface area contributed by atoms with Crippen molar-refractivity contribution in [3.63, 3.8) is 0 Å². The first kappa shape index (κ1) is 17.6. The Bertz CT molecular complexity index is 483. The molecule has 116 valence electrons. The highest BCUT2D eigenvalue weighted by Gasteiger charge is 2.18. The van der Waals surface area contributed by atoms with Gasteiger partial charge in [-0.25, -0.2) is 0 Å². The Morgan fingerprint density at radius 3 is 2.05 bits per heavy atom. The van der Waals surface area contributed by atoms with Crippen LogP contribution in [0.15, 0.2) is 18.2 Å². The minimum Gasteiger partial charge on any atom is -0.481 e. The van der Waals surface area contributed by atoms with Crippen LogP contribution in [-0.4, -0.2) is 28.6 Å². The van der Waals surface area contributed by atoms with Gasteiger partial charge in [0.2, 0.25) is 0 Å². The zero-order valence-electron chi connectivity index (χ0n) is 12.9. The molecule has 0 aliphatic rings. The summed E-state index contributed by atoms with van der Waals surface area (Å²) >= 11 is 1.04. The average molecular weight is 310 g/mol. The number of hydrogen-bond acceptors (Lipinski definition) is 4. The number of esters is 1. The predicted molar refractivity (Wildman–Crippen MR) is 85.2 cm³/mol. The lowest BCUT2D eigenvalue weighted by Gasteiger charge is -2.18. The molecule has 4 nitrogen and oxygen atoms in total. The molecular formula is C16H22O4S. The molecule has 0 aromatic heterocycles. The molecular weight excluding hydrogens is 288 g/mol. The highest BCUT2D eigenvalue weighted by molar-refractivity contribution is 8.00. The van der Waals surface area contributed by atoms with Crippen molar-refractivity contribution in [3.8, 4) is 5.75 Å². The largest absolute Gasteiger partial charge is 0.481 e. The summed E-state index contributed by atoms with van der Waals surface area (Å²) in [5.74, 6) is -0.275.